The second-order valence-electron chi connectivity index (χ2n) is 6.22. The van der Waals surface area contributed by atoms with Crippen molar-refractivity contribution in [2.24, 2.45) is 10.9 Å². The highest BCUT2D eigenvalue weighted by Crippen LogP contribution is 2.20. The molecule has 0 aromatic heterocycles. The predicted octanol–water partition coefficient (Wildman–Crippen LogP) is 0.647. The molecule has 0 aliphatic carbocycles. The molecule has 0 aromatic rings. The quantitative estimate of drug-likeness (QED) is 0.564. The number of amides is 1. The molecule has 2 atom stereocenters. The summed E-state index contributed by atoms with van der Waals surface area (Å²) >= 11 is 0. The van der Waals surface area contributed by atoms with Crippen molar-refractivity contribution < 1.29 is 20.8 Å². The number of carbonyl (C=O) groups is 1. The molecule has 118 valence electrons. The van der Waals surface area contributed by atoms with Crippen molar-refractivity contribution in [2.45, 2.75) is 45.8 Å². The third-order valence-electron chi connectivity index (χ3n) is 3.20. The number of hydrogen-bond donors (Lipinski definition) is 0. The molecule has 1 aliphatic heterocycles. The van der Waals surface area contributed by atoms with E-state index < -0.39 is 11.7 Å². The van der Waals surface area contributed by atoms with Crippen molar-refractivity contribution in [1.82, 2.24) is 4.90 Å². The van der Waals surface area contributed by atoms with Gasteiger partial charge in [0.05, 0.1) is 6.04 Å². The number of hydrogen-bond acceptors (Lipinski definition) is 5. The van der Waals surface area contributed by atoms with Gasteiger partial charge >= 0.3 is 0 Å². The minimum Gasteiger partial charge on any atom is -0.595 e. The van der Waals surface area contributed by atoms with Crippen LogP contribution in [-0.2, 0) is 14.3 Å². The van der Waals surface area contributed by atoms with Crippen LogP contribution in [0.2, 0.25) is 0 Å². The highest BCUT2D eigenvalue weighted by Gasteiger charge is 2.28. The van der Waals surface area contributed by atoms with Crippen molar-refractivity contribution in [1.29, 1.82) is 0 Å². The van der Waals surface area contributed by atoms with Crippen molar-refractivity contribution in [3.8, 4) is 0 Å². The van der Waals surface area contributed by atoms with Gasteiger partial charge in [-0.1, -0.05) is 27.7 Å². The van der Waals surface area contributed by atoms with Crippen LogP contribution in [0, 0.1) is 5.92 Å². The number of piperidine rings is 1. The zero-order chi connectivity index (χ0) is 15.3. The number of likely N-dealkylation sites (tertiary alicyclic amines) is 1. The molecule has 0 saturated carbocycles. The van der Waals surface area contributed by atoms with Crippen LogP contribution >= 0.6 is 0 Å². The largest absolute Gasteiger partial charge is 0.595 e. The first-order valence-electron chi connectivity index (χ1n) is 6.93. The number of nitrogens with zero attached hydrogens (tertiary/aromatic N) is 2. The van der Waals surface area contributed by atoms with E-state index in [1.165, 1.54) is 7.11 Å². The number of carbonyl (C=O) groups excluding carboxylic acids is 1. The first kappa shape index (κ1) is 16.8. The van der Waals surface area contributed by atoms with E-state index in [2.05, 4.69) is 4.99 Å². The first-order chi connectivity index (χ1) is 9.23. The standard InChI is InChI=1S/C14H26N2O4.H2/c1-10-6-7-16(12(17)9-19-5)8-11(10)15-13(18)20-14(2,3)4;/h10-11H,6-9H2,1-5H3,(H,15,18);1H/p-1/t10-,11+;/m0./s1. The fraction of sp³-hybridized carbons (Fsp3) is 0.857. The lowest BCUT2D eigenvalue weighted by Crippen LogP contribution is -2.47. The molecule has 0 unspecified atom stereocenters. The highest BCUT2D eigenvalue weighted by molar-refractivity contribution is 5.77. The second-order valence-corrected chi connectivity index (χ2v) is 6.22. The van der Waals surface area contributed by atoms with E-state index in [0.717, 1.165) is 6.42 Å². The molecule has 0 radical (unpaired) electrons. The summed E-state index contributed by atoms with van der Waals surface area (Å²) < 4.78 is 10.1. The molecule has 1 saturated heterocycles. The summed E-state index contributed by atoms with van der Waals surface area (Å²) in [6.45, 7) is 8.65. The van der Waals surface area contributed by atoms with Gasteiger partial charge in [0.1, 0.15) is 12.7 Å². The maximum atomic E-state index is 11.8. The third-order valence-corrected chi connectivity index (χ3v) is 3.20. The molecule has 1 amide bonds. The van der Waals surface area contributed by atoms with Gasteiger partial charge in [-0.25, -0.2) is 0 Å². The number of aliphatic imine (C=N–C) groups is 1. The zero-order valence-corrected chi connectivity index (χ0v) is 13.0. The van der Waals surface area contributed by atoms with Gasteiger partial charge in [-0.2, -0.15) is 0 Å². The average molecular weight is 287 g/mol. The molecular weight excluding hydrogens is 260 g/mol. The van der Waals surface area contributed by atoms with Crippen LogP contribution in [0.5, 0.6) is 0 Å². The van der Waals surface area contributed by atoms with Crippen molar-refractivity contribution in [2.75, 3.05) is 26.8 Å². The van der Waals surface area contributed by atoms with Gasteiger partial charge in [-0.3, -0.25) is 9.79 Å². The van der Waals surface area contributed by atoms with Crippen LogP contribution in [0.3, 0.4) is 0 Å². The van der Waals surface area contributed by atoms with Crippen LogP contribution in [-0.4, -0.2) is 55.3 Å². The van der Waals surface area contributed by atoms with Gasteiger partial charge in [0.15, 0.2) is 0 Å². The molecule has 20 heavy (non-hydrogen) atoms. The van der Waals surface area contributed by atoms with E-state index in [4.69, 9.17) is 9.47 Å². The highest BCUT2D eigenvalue weighted by atomic mass is 16.6. The molecule has 1 fully saturated rings. The summed E-state index contributed by atoms with van der Waals surface area (Å²) in [7, 11) is 1.49. The fourth-order valence-corrected chi connectivity index (χ4v) is 2.08. The van der Waals surface area contributed by atoms with Crippen LogP contribution in [0.4, 0.5) is 0 Å². The van der Waals surface area contributed by atoms with E-state index in [0.29, 0.717) is 13.1 Å². The molecule has 6 heteroatoms. The Morgan fingerprint density at radius 3 is 2.70 bits per heavy atom. The lowest BCUT2D eigenvalue weighted by molar-refractivity contribution is -0.261. The fourth-order valence-electron chi connectivity index (χ4n) is 2.08. The number of rotatable bonds is 3. The Labute approximate surface area is 122 Å². The Bertz CT molecular complexity index is 368. The van der Waals surface area contributed by atoms with Gasteiger partial charge in [-0.05, 0) is 12.3 Å². The first-order valence-corrected chi connectivity index (χ1v) is 6.93. The summed E-state index contributed by atoms with van der Waals surface area (Å²) in [5.74, 6) is 0.193. The summed E-state index contributed by atoms with van der Waals surface area (Å²) in [6, 6.07) is -0.209. The predicted molar refractivity (Wildman–Crippen MR) is 76.4 cm³/mol. The van der Waals surface area contributed by atoms with Gasteiger partial charge < -0.3 is 19.5 Å². The van der Waals surface area contributed by atoms with Crippen LogP contribution in [0.25, 0.3) is 0 Å². The van der Waals surface area contributed by atoms with Crippen LogP contribution < -0.4 is 5.11 Å². The van der Waals surface area contributed by atoms with Gasteiger partial charge in [0.25, 0.3) is 0 Å². The molecule has 1 heterocycles. The van der Waals surface area contributed by atoms with Gasteiger partial charge in [0.2, 0.25) is 5.91 Å². The van der Waals surface area contributed by atoms with E-state index in [-0.39, 0.29) is 25.9 Å². The Morgan fingerprint density at radius 2 is 2.15 bits per heavy atom. The van der Waals surface area contributed by atoms with Crippen molar-refractivity contribution in [3.63, 3.8) is 0 Å². The molecular formula is C14H27N2O4-. The van der Waals surface area contributed by atoms with Gasteiger partial charge in [-0.15, -0.1) is 0 Å². The topological polar surface area (TPSA) is 74.2 Å². The minimum atomic E-state index is -0.560. The molecule has 6 nitrogen and oxygen atoms in total. The van der Waals surface area contributed by atoms with E-state index in [1.54, 1.807) is 25.7 Å². The summed E-state index contributed by atoms with van der Waals surface area (Å²) in [4.78, 5) is 17.6. The maximum absolute atomic E-state index is 11.8. The Morgan fingerprint density at radius 1 is 1.50 bits per heavy atom. The van der Waals surface area contributed by atoms with Crippen molar-refractivity contribution in [3.05, 3.63) is 0 Å². The monoisotopic (exact) mass is 287 g/mol. The molecule has 0 N–H and O–H groups in total. The molecule has 1 aliphatic rings. The number of ether oxygens (including phenoxy) is 2. The lowest BCUT2D eigenvalue weighted by atomic mass is 9.94. The van der Waals surface area contributed by atoms with E-state index in [9.17, 15) is 9.90 Å². The number of methoxy groups -OCH3 is 1. The Kier molecular flexibility index (Phi) is 5.80. The summed E-state index contributed by atoms with van der Waals surface area (Å²) in [6.07, 6.45) is 0.266. The Balaban J connectivity index is 0.00000400. The zero-order valence-electron chi connectivity index (χ0n) is 13.0. The third kappa shape index (κ3) is 5.36. The van der Waals surface area contributed by atoms with Crippen LogP contribution in [0.1, 0.15) is 35.5 Å². The summed E-state index contributed by atoms with van der Waals surface area (Å²) in [5, 5.41) is 11.8. The second kappa shape index (κ2) is 6.92. The molecule has 0 aromatic carbocycles. The maximum Gasteiger partial charge on any atom is 0.248 e. The molecule has 1 rings (SSSR count). The van der Waals surface area contributed by atoms with Gasteiger partial charge in [0, 0.05) is 27.2 Å². The van der Waals surface area contributed by atoms with E-state index in [1.807, 2.05) is 6.92 Å². The average Bonchev–Trinajstić information content (AvgIpc) is 2.29. The molecule has 0 bridgehead atoms. The Hall–Kier alpha value is -1.30. The smallest absolute Gasteiger partial charge is 0.248 e. The van der Waals surface area contributed by atoms with E-state index >= 15 is 0 Å². The lowest BCUT2D eigenvalue weighted by Gasteiger charge is -2.37. The van der Waals surface area contributed by atoms with Crippen molar-refractivity contribution >= 4 is 12.0 Å². The van der Waals surface area contributed by atoms with Crippen LogP contribution in [0.15, 0.2) is 4.99 Å². The molecule has 0 spiro atoms. The summed E-state index contributed by atoms with van der Waals surface area (Å²) in [5.41, 5.74) is -0.552. The minimum absolute atomic E-state index is 0. The normalized spacial score (nSPS) is 24.6. The SMILES string of the molecule is COCC(=O)N1CC[C@H](C)[C@H](N=C([O-])OC(C)(C)C)C1.[HH].